The van der Waals surface area contributed by atoms with E-state index in [0.717, 1.165) is 11.6 Å². The second-order valence-corrected chi connectivity index (χ2v) is 7.73. The standard InChI is InChI=1S/C25H21F3N6O2/c1-15-11-12-29-21(13-15)34-23-14-22(30-16(2)31-23)32-17-7-9-18(10-8-17)33-24(35)19-5-3-4-6-20(19)36-25(26,27)28/h3-14H,1-2H3,(H,33,35)(H2,29,30,31,32,34). The predicted octanol–water partition coefficient (Wildman–Crippen LogP) is 6.13. The van der Waals surface area contributed by atoms with Crippen molar-refractivity contribution in [3.05, 3.63) is 89.9 Å². The van der Waals surface area contributed by atoms with Gasteiger partial charge in [-0.2, -0.15) is 0 Å². The Bertz CT molecular complexity index is 1380. The number of para-hydroxylation sites is 1. The summed E-state index contributed by atoms with van der Waals surface area (Å²) in [4.78, 5) is 25.6. The summed E-state index contributed by atoms with van der Waals surface area (Å²) in [6.45, 7) is 3.73. The highest BCUT2D eigenvalue weighted by Gasteiger charge is 2.32. The molecule has 36 heavy (non-hydrogen) atoms. The van der Waals surface area contributed by atoms with Crippen LogP contribution in [0.15, 0.2) is 72.9 Å². The Kier molecular flexibility index (Phi) is 7.00. The van der Waals surface area contributed by atoms with E-state index in [2.05, 4.69) is 35.6 Å². The van der Waals surface area contributed by atoms with Crippen LogP contribution in [0.2, 0.25) is 0 Å². The number of carbonyl (C=O) groups excluding carboxylic acids is 1. The molecule has 11 heteroatoms. The molecule has 4 aromatic rings. The van der Waals surface area contributed by atoms with E-state index in [9.17, 15) is 18.0 Å². The maximum Gasteiger partial charge on any atom is 0.573 e. The molecule has 0 saturated heterocycles. The molecule has 0 spiro atoms. The second-order valence-electron chi connectivity index (χ2n) is 7.73. The zero-order valence-electron chi connectivity index (χ0n) is 19.2. The summed E-state index contributed by atoms with van der Waals surface area (Å²) in [7, 11) is 0. The Labute approximate surface area is 204 Å². The molecule has 0 fully saturated rings. The van der Waals surface area contributed by atoms with Crippen LogP contribution < -0.4 is 20.7 Å². The molecule has 2 aromatic carbocycles. The number of carbonyl (C=O) groups is 1. The van der Waals surface area contributed by atoms with E-state index in [1.165, 1.54) is 18.2 Å². The van der Waals surface area contributed by atoms with Gasteiger partial charge in [0.25, 0.3) is 5.91 Å². The van der Waals surface area contributed by atoms with E-state index >= 15 is 0 Å². The van der Waals surface area contributed by atoms with E-state index in [4.69, 9.17) is 0 Å². The van der Waals surface area contributed by atoms with E-state index < -0.39 is 18.0 Å². The smallest absolute Gasteiger partial charge is 0.405 e. The average molecular weight is 494 g/mol. The predicted molar refractivity (Wildman–Crippen MR) is 130 cm³/mol. The molecule has 0 aliphatic carbocycles. The average Bonchev–Trinajstić information content (AvgIpc) is 2.79. The SMILES string of the molecule is Cc1ccnc(Nc2cc(Nc3ccc(NC(=O)c4ccccc4OC(F)(F)F)cc3)nc(C)n2)c1. The first-order chi connectivity index (χ1) is 17.1. The van der Waals surface area contributed by atoms with Gasteiger partial charge in [0.2, 0.25) is 0 Å². The first-order valence-corrected chi connectivity index (χ1v) is 10.7. The summed E-state index contributed by atoms with van der Waals surface area (Å²) in [5, 5.41) is 8.88. The van der Waals surface area contributed by atoms with Crippen LogP contribution in [0.5, 0.6) is 5.75 Å². The second kappa shape index (κ2) is 10.3. The number of ether oxygens (including phenoxy) is 1. The number of hydrogen-bond acceptors (Lipinski definition) is 7. The number of aromatic nitrogens is 3. The van der Waals surface area contributed by atoms with Crippen LogP contribution >= 0.6 is 0 Å². The number of halogens is 3. The zero-order valence-corrected chi connectivity index (χ0v) is 19.2. The molecule has 2 heterocycles. The first-order valence-electron chi connectivity index (χ1n) is 10.7. The number of benzene rings is 2. The Balaban J connectivity index is 1.44. The van der Waals surface area contributed by atoms with Crippen molar-refractivity contribution in [3.8, 4) is 5.75 Å². The van der Waals surface area contributed by atoms with Crippen LogP contribution in [0.3, 0.4) is 0 Å². The van der Waals surface area contributed by atoms with Crippen molar-refractivity contribution in [1.82, 2.24) is 15.0 Å². The van der Waals surface area contributed by atoms with Gasteiger partial charge >= 0.3 is 6.36 Å². The molecule has 2 aromatic heterocycles. The van der Waals surface area contributed by atoms with Gasteiger partial charge in [0.1, 0.15) is 29.0 Å². The Morgan fingerprint density at radius 2 is 1.50 bits per heavy atom. The fourth-order valence-corrected chi connectivity index (χ4v) is 3.28. The summed E-state index contributed by atoms with van der Waals surface area (Å²) in [5.74, 6) is 0.979. The highest BCUT2D eigenvalue weighted by atomic mass is 19.4. The lowest BCUT2D eigenvalue weighted by Gasteiger charge is -2.13. The molecular weight excluding hydrogens is 473 g/mol. The van der Waals surface area contributed by atoms with Gasteiger partial charge in [0, 0.05) is 23.6 Å². The Hall–Kier alpha value is -4.67. The number of pyridine rings is 1. The first kappa shape index (κ1) is 24.5. The molecule has 0 aliphatic rings. The molecule has 0 atom stereocenters. The number of nitrogens with one attached hydrogen (secondary N) is 3. The fraction of sp³-hybridized carbons (Fsp3) is 0.120. The highest BCUT2D eigenvalue weighted by molar-refractivity contribution is 6.06. The molecule has 0 saturated carbocycles. The summed E-state index contributed by atoms with van der Waals surface area (Å²) < 4.78 is 41.8. The number of rotatable bonds is 7. The molecule has 0 radical (unpaired) electrons. The van der Waals surface area contributed by atoms with Crippen LogP contribution in [0.25, 0.3) is 0 Å². The van der Waals surface area contributed by atoms with E-state index in [-0.39, 0.29) is 5.56 Å². The summed E-state index contributed by atoms with van der Waals surface area (Å²) in [6.07, 6.45) is -3.21. The summed E-state index contributed by atoms with van der Waals surface area (Å²) >= 11 is 0. The molecule has 0 bridgehead atoms. The quantitative estimate of drug-likeness (QED) is 0.284. The van der Waals surface area contributed by atoms with Gasteiger partial charge in [-0.15, -0.1) is 13.2 Å². The normalized spacial score (nSPS) is 11.0. The van der Waals surface area contributed by atoms with Gasteiger partial charge in [-0.25, -0.2) is 15.0 Å². The van der Waals surface area contributed by atoms with Crippen LogP contribution in [-0.2, 0) is 0 Å². The molecule has 4 rings (SSSR count). The van der Waals surface area contributed by atoms with Crippen molar-refractivity contribution < 1.29 is 22.7 Å². The number of alkyl halides is 3. The van der Waals surface area contributed by atoms with Crippen LogP contribution in [0, 0.1) is 13.8 Å². The number of anilines is 5. The van der Waals surface area contributed by atoms with Gasteiger partial charge in [0.15, 0.2) is 0 Å². The van der Waals surface area contributed by atoms with Crippen LogP contribution in [-0.4, -0.2) is 27.2 Å². The van der Waals surface area contributed by atoms with Gasteiger partial charge in [-0.3, -0.25) is 4.79 Å². The highest BCUT2D eigenvalue weighted by Crippen LogP contribution is 2.27. The number of nitrogens with zero attached hydrogens (tertiary/aromatic N) is 3. The van der Waals surface area contributed by atoms with Gasteiger partial charge < -0.3 is 20.7 Å². The minimum absolute atomic E-state index is 0.239. The lowest BCUT2D eigenvalue weighted by atomic mass is 10.2. The summed E-state index contributed by atoms with van der Waals surface area (Å²) in [6, 6.07) is 17.3. The van der Waals surface area contributed by atoms with E-state index in [1.54, 1.807) is 43.5 Å². The number of hydrogen-bond donors (Lipinski definition) is 3. The molecule has 0 aliphatic heterocycles. The minimum Gasteiger partial charge on any atom is -0.405 e. The lowest BCUT2D eigenvalue weighted by molar-refractivity contribution is -0.274. The molecule has 3 N–H and O–H groups in total. The number of aryl methyl sites for hydroxylation is 2. The lowest BCUT2D eigenvalue weighted by Crippen LogP contribution is -2.20. The Morgan fingerprint density at radius 3 is 2.19 bits per heavy atom. The Morgan fingerprint density at radius 1 is 0.833 bits per heavy atom. The molecule has 1 amide bonds. The van der Waals surface area contributed by atoms with Crippen molar-refractivity contribution in [2.45, 2.75) is 20.2 Å². The maximum absolute atomic E-state index is 12.6. The van der Waals surface area contributed by atoms with Crippen molar-refractivity contribution in [2.75, 3.05) is 16.0 Å². The third-order valence-electron chi connectivity index (χ3n) is 4.78. The zero-order chi connectivity index (χ0) is 25.7. The largest absolute Gasteiger partial charge is 0.573 e. The molecule has 0 unspecified atom stereocenters. The van der Waals surface area contributed by atoms with Crippen LogP contribution in [0.4, 0.5) is 42.0 Å². The minimum atomic E-state index is -4.91. The van der Waals surface area contributed by atoms with E-state index in [0.29, 0.717) is 34.7 Å². The molecule has 8 nitrogen and oxygen atoms in total. The molecular formula is C25H21F3N6O2. The third-order valence-corrected chi connectivity index (χ3v) is 4.78. The van der Waals surface area contributed by atoms with Crippen molar-refractivity contribution in [3.63, 3.8) is 0 Å². The maximum atomic E-state index is 12.6. The number of amides is 1. The van der Waals surface area contributed by atoms with Gasteiger partial charge in [-0.1, -0.05) is 12.1 Å². The topological polar surface area (TPSA) is 101 Å². The monoisotopic (exact) mass is 494 g/mol. The van der Waals surface area contributed by atoms with Crippen LogP contribution in [0.1, 0.15) is 21.7 Å². The molecule has 184 valence electrons. The summed E-state index contributed by atoms with van der Waals surface area (Å²) in [5.41, 5.74) is 1.88. The van der Waals surface area contributed by atoms with Crippen molar-refractivity contribution in [1.29, 1.82) is 0 Å². The third kappa shape index (κ3) is 6.69. The fourth-order valence-electron chi connectivity index (χ4n) is 3.28. The van der Waals surface area contributed by atoms with Gasteiger partial charge in [-0.05, 0) is 67.9 Å². The van der Waals surface area contributed by atoms with Gasteiger partial charge in [0.05, 0.1) is 5.56 Å². The van der Waals surface area contributed by atoms with E-state index in [1.807, 2.05) is 19.1 Å². The van der Waals surface area contributed by atoms with Crippen molar-refractivity contribution in [2.24, 2.45) is 0 Å². The van der Waals surface area contributed by atoms with Crippen molar-refractivity contribution >= 4 is 34.7 Å².